The van der Waals surface area contributed by atoms with Crippen molar-refractivity contribution in [3.63, 3.8) is 0 Å². The number of rotatable bonds is 73. The number of unbranched alkanes of at least 4 members (excludes halogenated alkanes) is 43. The topological polar surface area (TPSA) is 237 Å². The van der Waals surface area contributed by atoms with Gasteiger partial charge in [-0.25, -0.2) is 9.13 Å². The van der Waals surface area contributed by atoms with Crippen LogP contribution in [0.15, 0.2) is 0 Å². The molecular formula is C74H144O17P2. The summed E-state index contributed by atoms with van der Waals surface area (Å²) in [6.07, 6.45) is 52.8. The Bertz CT molecular complexity index is 1800. The van der Waals surface area contributed by atoms with E-state index < -0.39 is 97.5 Å². The van der Waals surface area contributed by atoms with Crippen LogP contribution in [0.5, 0.6) is 0 Å². The standard InChI is InChI=1S/C74H144O17P2/c1-7-9-11-13-15-17-18-19-20-21-22-23-24-25-26-34-40-46-52-58-73(78)90-70(63-85-72(77)57-51-45-39-33-28-27-31-36-42-48-54-66(3)4)65-89-93(82,83)87-61-68(75)60-86-92(80,81)88-64-69(62-84-71(76)56-50-44-38-30-16-14-12-10-8-2)91-74(79)59-53-47-41-35-29-32-37-43-49-55-67(5)6/h66-70,75H,7-65H2,1-6H3,(H,80,81)(H,82,83)/t68-,69+,70+/m0/s1. The molecule has 5 atom stereocenters. The molecule has 3 N–H and O–H groups in total. The first-order valence-electron chi connectivity index (χ1n) is 38.5. The van der Waals surface area contributed by atoms with Gasteiger partial charge in [0.25, 0.3) is 0 Å². The van der Waals surface area contributed by atoms with Gasteiger partial charge in [0, 0.05) is 25.7 Å². The van der Waals surface area contributed by atoms with Crippen LogP contribution >= 0.6 is 15.6 Å². The van der Waals surface area contributed by atoms with Gasteiger partial charge in [-0.3, -0.25) is 37.3 Å². The molecule has 2 unspecified atom stereocenters. The molecule has 0 aromatic rings. The van der Waals surface area contributed by atoms with Crippen LogP contribution in [0.25, 0.3) is 0 Å². The molecule has 0 saturated carbocycles. The van der Waals surface area contributed by atoms with Crippen LogP contribution in [0, 0.1) is 11.8 Å². The number of carbonyl (C=O) groups excluding carboxylic acids is 4. The lowest BCUT2D eigenvalue weighted by Crippen LogP contribution is -2.30. The Morgan fingerprint density at radius 2 is 0.495 bits per heavy atom. The van der Waals surface area contributed by atoms with Gasteiger partial charge in [-0.15, -0.1) is 0 Å². The summed E-state index contributed by atoms with van der Waals surface area (Å²) in [5.74, 6) is -0.625. The highest BCUT2D eigenvalue weighted by molar-refractivity contribution is 7.47. The van der Waals surface area contributed by atoms with Crippen LogP contribution < -0.4 is 0 Å². The molecule has 0 aliphatic heterocycles. The molecule has 0 spiro atoms. The number of ether oxygens (including phenoxy) is 4. The van der Waals surface area contributed by atoms with Gasteiger partial charge in [0.15, 0.2) is 12.2 Å². The Morgan fingerprint density at radius 1 is 0.290 bits per heavy atom. The van der Waals surface area contributed by atoms with Crippen molar-refractivity contribution in [1.82, 2.24) is 0 Å². The number of hydrogen-bond donors (Lipinski definition) is 3. The predicted octanol–water partition coefficient (Wildman–Crippen LogP) is 21.6. The Labute approximate surface area is 568 Å². The number of hydrogen-bond acceptors (Lipinski definition) is 15. The molecule has 0 rings (SSSR count). The molecule has 0 aromatic carbocycles. The highest BCUT2D eigenvalue weighted by atomic mass is 31.2. The molecular weight excluding hydrogens is 1220 g/mol. The van der Waals surface area contributed by atoms with Crippen molar-refractivity contribution in [3.05, 3.63) is 0 Å². The second-order valence-electron chi connectivity index (χ2n) is 27.6. The number of phosphoric acid groups is 2. The van der Waals surface area contributed by atoms with Gasteiger partial charge in [0.1, 0.15) is 19.3 Å². The fraction of sp³-hybridized carbons (Fsp3) is 0.946. The summed E-state index contributed by atoms with van der Waals surface area (Å²) >= 11 is 0. The van der Waals surface area contributed by atoms with Crippen molar-refractivity contribution in [2.45, 2.75) is 400 Å². The van der Waals surface area contributed by atoms with Crippen LogP contribution in [-0.4, -0.2) is 96.7 Å². The average Bonchev–Trinajstić information content (AvgIpc) is 2.14. The third-order valence-electron chi connectivity index (χ3n) is 17.2. The maximum absolute atomic E-state index is 13.1. The Balaban J connectivity index is 5.21. The lowest BCUT2D eigenvalue weighted by molar-refractivity contribution is -0.161. The SMILES string of the molecule is CCCCCCCCCCCCCCCCCCCCCC(=O)O[C@H](COC(=O)CCCCCCCCCCCCC(C)C)COP(=O)(O)OC[C@@H](O)COP(=O)(O)OC[C@@H](COC(=O)CCCCCCCCCCC)OC(=O)CCCCCCCCCCCC(C)C. The average molecular weight is 1370 g/mol. The molecule has 0 radical (unpaired) electrons. The van der Waals surface area contributed by atoms with E-state index in [0.29, 0.717) is 25.7 Å². The highest BCUT2D eigenvalue weighted by Crippen LogP contribution is 2.45. The highest BCUT2D eigenvalue weighted by Gasteiger charge is 2.30. The van der Waals surface area contributed by atoms with Gasteiger partial charge < -0.3 is 33.8 Å². The molecule has 0 fully saturated rings. The van der Waals surface area contributed by atoms with Crippen molar-refractivity contribution < 1.29 is 80.2 Å². The zero-order valence-corrected chi connectivity index (χ0v) is 62.3. The number of phosphoric ester groups is 2. The normalized spacial score (nSPS) is 14.1. The Morgan fingerprint density at radius 3 is 0.731 bits per heavy atom. The third-order valence-corrected chi connectivity index (χ3v) is 19.1. The molecule has 0 heterocycles. The summed E-state index contributed by atoms with van der Waals surface area (Å²) in [7, 11) is -9.90. The van der Waals surface area contributed by atoms with Crippen LogP contribution in [-0.2, 0) is 65.4 Å². The maximum Gasteiger partial charge on any atom is 0.472 e. The van der Waals surface area contributed by atoms with Crippen molar-refractivity contribution >= 4 is 39.5 Å². The first-order chi connectivity index (χ1) is 44.9. The van der Waals surface area contributed by atoms with Crippen LogP contribution in [0.2, 0.25) is 0 Å². The molecule has 93 heavy (non-hydrogen) atoms. The van der Waals surface area contributed by atoms with Gasteiger partial charge in [-0.1, -0.05) is 330 Å². The van der Waals surface area contributed by atoms with Crippen molar-refractivity contribution in [3.8, 4) is 0 Å². The molecule has 552 valence electrons. The van der Waals surface area contributed by atoms with Crippen LogP contribution in [0.4, 0.5) is 0 Å². The van der Waals surface area contributed by atoms with E-state index >= 15 is 0 Å². The van der Waals surface area contributed by atoms with E-state index in [1.807, 2.05) is 0 Å². The quantitative estimate of drug-likeness (QED) is 0.0222. The summed E-state index contributed by atoms with van der Waals surface area (Å²) < 4.78 is 68.4. The van der Waals surface area contributed by atoms with Gasteiger partial charge in [-0.2, -0.15) is 0 Å². The molecule has 0 aliphatic rings. The molecule has 0 amide bonds. The fourth-order valence-electron chi connectivity index (χ4n) is 11.3. The number of aliphatic hydroxyl groups is 1. The summed E-state index contributed by atoms with van der Waals surface area (Å²) in [6.45, 7) is 9.53. The van der Waals surface area contributed by atoms with E-state index in [-0.39, 0.29) is 25.7 Å². The minimum Gasteiger partial charge on any atom is -0.462 e. The van der Waals surface area contributed by atoms with Gasteiger partial charge in [0.05, 0.1) is 26.4 Å². The van der Waals surface area contributed by atoms with Crippen LogP contribution in [0.3, 0.4) is 0 Å². The Kier molecular flexibility index (Phi) is 64.6. The summed E-state index contributed by atoms with van der Waals surface area (Å²) in [4.78, 5) is 72.7. The lowest BCUT2D eigenvalue weighted by Gasteiger charge is -2.21. The van der Waals surface area contributed by atoms with E-state index in [0.717, 1.165) is 102 Å². The van der Waals surface area contributed by atoms with Gasteiger partial charge >= 0.3 is 39.5 Å². The minimum atomic E-state index is -4.95. The fourth-order valence-corrected chi connectivity index (χ4v) is 12.9. The molecule has 19 heteroatoms. The summed E-state index contributed by atoms with van der Waals surface area (Å²) in [5, 5.41) is 10.6. The second kappa shape index (κ2) is 66.0. The molecule has 17 nitrogen and oxygen atoms in total. The molecule has 0 aliphatic carbocycles. The first-order valence-corrected chi connectivity index (χ1v) is 41.5. The van der Waals surface area contributed by atoms with Crippen LogP contribution in [0.1, 0.15) is 382 Å². The monoisotopic (exact) mass is 1370 g/mol. The largest absolute Gasteiger partial charge is 0.472 e. The van der Waals surface area contributed by atoms with E-state index in [2.05, 4.69) is 41.5 Å². The smallest absolute Gasteiger partial charge is 0.462 e. The first kappa shape index (κ1) is 91.1. The molecule has 0 bridgehead atoms. The van der Waals surface area contributed by atoms with E-state index in [4.69, 9.17) is 37.0 Å². The number of esters is 4. The summed E-state index contributed by atoms with van der Waals surface area (Å²) in [6, 6.07) is 0. The zero-order chi connectivity index (χ0) is 68.6. The molecule has 0 saturated heterocycles. The van der Waals surface area contributed by atoms with E-state index in [1.54, 1.807) is 0 Å². The van der Waals surface area contributed by atoms with Crippen molar-refractivity contribution in [2.75, 3.05) is 39.6 Å². The number of carbonyl (C=O) groups is 4. The zero-order valence-electron chi connectivity index (χ0n) is 60.6. The maximum atomic E-state index is 13.1. The molecule has 0 aromatic heterocycles. The van der Waals surface area contributed by atoms with Crippen molar-refractivity contribution in [1.29, 1.82) is 0 Å². The number of aliphatic hydroxyl groups excluding tert-OH is 1. The van der Waals surface area contributed by atoms with Gasteiger partial charge in [-0.05, 0) is 37.5 Å². The lowest BCUT2D eigenvalue weighted by atomic mass is 10.0. The summed E-state index contributed by atoms with van der Waals surface area (Å²) in [5.41, 5.74) is 0. The van der Waals surface area contributed by atoms with E-state index in [9.17, 15) is 43.2 Å². The minimum absolute atomic E-state index is 0.105. The van der Waals surface area contributed by atoms with Crippen molar-refractivity contribution in [2.24, 2.45) is 11.8 Å². The van der Waals surface area contributed by atoms with Gasteiger partial charge in [0.2, 0.25) is 0 Å². The van der Waals surface area contributed by atoms with E-state index in [1.165, 1.54) is 199 Å². The third kappa shape index (κ3) is 68.4. The second-order valence-corrected chi connectivity index (χ2v) is 30.5. The Hall–Kier alpha value is -1.94. The predicted molar refractivity (Wildman–Crippen MR) is 377 cm³/mol.